The summed E-state index contributed by atoms with van der Waals surface area (Å²) < 4.78 is 5.87. The van der Waals surface area contributed by atoms with Gasteiger partial charge >= 0.3 is 0 Å². The Hall–Kier alpha value is -1.13. The molecular weight excluding hydrogens is 244 g/mol. The average molecular weight is 265 g/mol. The number of hydrogen-bond acceptors (Lipinski definition) is 1. The van der Waals surface area contributed by atoms with Crippen molar-refractivity contribution < 1.29 is 4.74 Å². The number of aryl methyl sites for hydroxylation is 1. The summed E-state index contributed by atoms with van der Waals surface area (Å²) in [6, 6.07) is 6.02. The summed E-state index contributed by atoms with van der Waals surface area (Å²) in [7, 11) is 0. The number of ether oxygens (including phenoxy) is 1. The third kappa shape index (κ3) is 4.63. The van der Waals surface area contributed by atoms with Crippen molar-refractivity contribution >= 4 is 11.6 Å². The molecule has 0 aliphatic carbocycles. The molecule has 0 heterocycles. The lowest BCUT2D eigenvalue weighted by Crippen LogP contribution is -2.10. The van der Waals surface area contributed by atoms with E-state index in [-0.39, 0.29) is 0 Å². The third-order valence-electron chi connectivity index (χ3n) is 3.10. The van der Waals surface area contributed by atoms with Crippen LogP contribution >= 0.6 is 11.6 Å². The largest absolute Gasteiger partial charge is 0.493 e. The van der Waals surface area contributed by atoms with E-state index in [0.29, 0.717) is 11.8 Å². The van der Waals surface area contributed by atoms with E-state index in [1.807, 2.05) is 25.1 Å². The van der Waals surface area contributed by atoms with Gasteiger partial charge in [0.2, 0.25) is 0 Å². The maximum Gasteiger partial charge on any atom is 0.122 e. The van der Waals surface area contributed by atoms with E-state index in [1.54, 1.807) is 0 Å². The zero-order valence-corrected chi connectivity index (χ0v) is 12.2. The molecule has 1 aromatic rings. The fraction of sp³-hybridized carbons (Fsp3) is 0.500. The molecule has 2 heteroatoms. The molecule has 0 N–H and O–H groups in total. The second kappa shape index (κ2) is 8.06. The first-order valence-corrected chi connectivity index (χ1v) is 7.03. The highest BCUT2D eigenvalue weighted by molar-refractivity contribution is 6.19. The SMILES string of the molecule is CCC(CC)COc1ccc(C#CCCl)cc1C. The molecule has 1 aromatic carbocycles. The van der Waals surface area contributed by atoms with Crippen LogP contribution in [-0.2, 0) is 0 Å². The highest BCUT2D eigenvalue weighted by Crippen LogP contribution is 2.20. The normalized spacial score (nSPS) is 10.1. The first kappa shape index (κ1) is 14.9. The number of alkyl halides is 1. The van der Waals surface area contributed by atoms with Gasteiger partial charge in [0.1, 0.15) is 5.75 Å². The number of benzene rings is 1. The van der Waals surface area contributed by atoms with Crippen LogP contribution in [0.3, 0.4) is 0 Å². The van der Waals surface area contributed by atoms with Crippen molar-refractivity contribution in [1.82, 2.24) is 0 Å². The standard InChI is InChI=1S/C16H21ClO/c1-4-14(5-2)12-18-16-9-8-15(7-6-10-17)11-13(16)3/h8-9,11,14H,4-5,10,12H2,1-3H3. The third-order valence-corrected chi connectivity index (χ3v) is 3.24. The van der Waals surface area contributed by atoms with E-state index in [9.17, 15) is 0 Å². The van der Waals surface area contributed by atoms with Gasteiger partial charge in [-0.05, 0) is 36.6 Å². The second-order valence-electron chi connectivity index (χ2n) is 4.41. The molecule has 0 saturated heterocycles. The minimum Gasteiger partial charge on any atom is -0.493 e. The quantitative estimate of drug-likeness (QED) is 0.566. The summed E-state index contributed by atoms with van der Waals surface area (Å²) in [5, 5.41) is 0. The summed E-state index contributed by atoms with van der Waals surface area (Å²) in [6.07, 6.45) is 2.32. The lowest BCUT2D eigenvalue weighted by molar-refractivity contribution is 0.239. The molecule has 0 aliphatic rings. The van der Waals surface area contributed by atoms with E-state index in [2.05, 4.69) is 25.7 Å². The zero-order valence-electron chi connectivity index (χ0n) is 11.4. The van der Waals surface area contributed by atoms with Gasteiger partial charge in [-0.15, -0.1) is 11.6 Å². The Bertz CT molecular complexity index is 424. The summed E-state index contributed by atoms with van der Waals surface area (Å²) in [5.41, 5.74) is 2.12. The predicted molar refractivity (Wildman–Crippen MR) is 78.3 cm³/mol. The Morgan fingerprint density at radius 2 is 2.00 bits per heavy atom. The van der Waals surface area contributed by atoms with Crippen LogP contribution in [0.5, 0.6) is 5.75 Å². The van der Waals surface area contributed by atoms with Crippen LogP contribution in [0.4, 0.5) is 0 Å². The van der Waals surface area contributed by atoms with Gasteiger partial charge in [-0.1, -0.05) is 38.5 Å². The molecule has 98 valence electrons. The average Bonchev–Trinajstić information content (AvgIpc) is 2.39. The van der Waals surface area contributed by atoms with Crippen molar-refractivity contribution in [3.8, 4) is 17.6 Å². The Kier molecular flexibility index (Phi) is 6.68. The molecule has 1 nitrogen and oxygen atoms in total. The molecule has 0 atom stereocenters. The molecular formula is C16H21ClO. The van der Waals surface area contributed by atoms with Gasteiger partial charge in [0.15, 0.2) is 0 Å². The van der Waals surface area contributed by atoms with Crippen molar-refractivity contribution in [3.63, 3.8) is 0 Å². The van der Waals surface area contributed by atoms with Crippen LogP contribution in [0, 0.1) is 24.7 Å². The smallest absolute Gasteiger partial charge is 0.122 e. The monoisotopic (exact) mass is 264 g/mol. The molecule has 0 saturated carbocycles. The van der Waals surface area contributed by atoms with Crippen LogP contribution < -0.4 is 4.74 Å². The molecule has 0 radical (unpaired) electrons. The van der Waals surface area contributed by atoms with E-state index in [1.165, 1.54) is 0 Å². The minimum absolute atomic E-state index is 0.367. The molecule has 0 unspecified atom stereocenters. The van der Waals surface area contributed by atoms with E-state index < -0.39 is 0 Å². The number of rotatable bonds is 5. The van der Waals surface area contributed by atoms with Crippen molar-refractivity contribution in [3.05, 3.63) is 29.3 Å². The van der Waals surface area contributed by atoms with Crippen LogP contribution in [0.15, 0.2) is 18.2 Å². The van der Waals surface area contributed by atoms with Crippen LogP contribution in [0.25, 0.3) is 0 Å². The van der Waals surface area contributed by atoms with Gasteiger partial charge in [0.05, 0.1) is 12.5 Å². The molecule has 0 spiro atoms. The summed E-state index contributed by atoms with van der Waals surface area (Å²) in [5.74, 6) is 7.83. The first-order chi connectivity index (χ1) is 8.71. The van der Waals surface area contributed by atoms with E-state index in [4.69, 9.17) is 16.3 Å². The fourth-order valence-electron chi connectivity index (χ4n) is 1.76. The number of hydrogen-bond donors (Lipinski definition) is 0. The first-order valence-electron chi connectivity index (χ1n) is 6.49. The van der Waals surface area contributed by atoms with E-state index >= 15 is 0 Å². The Balaban J connectivity index is 2.68. The van der Waals surface area contributed by atoms with Crippen molar-refractivity contribution in [2.45, 2.75) is 33.6 Å². The lowest BCUT2D eigenvalue weighted by atomic mass is 10.1. The molecule has 0 fully saturated rings. The van der Waals surface area contributed by atoms with Crippen molar-refractivity contribution in [1.29, 1.82) is 0 Å². The zero-order chi connectivity index (χ0) is 13.4. The Morgan fingerprint density at radius 1 is 1.28 bits per heavy atom. The Labute approximate surface area is 115 Å². The molecule has 0 amide bonds. The second-order valence-corrected chi connectivity index (χ2v) is 4.68. The number of halogens is 1. The van der Waals surface area contributed by atoms with Gasteiger partial charge in [0.25, 0.3) is 0 Å². The molecule has 0 aromatic heterocycles. The molecule has 0 bridgehead atoms. The summed E-state index contributed by atoms with van der Waals surface area (Å²) >= 11 is 5.54. The topological polar surface area (TPSA) is 9.23 Å². The summed E-state index contributed by atoms with van der Waals surface area (Å²) in [4.78, 5) is 0. The maximum atomic E-state index is 5.87. The lowest BCUT2D eigenvalue weighted by Gasteiger charge is -2.15. The highest BCUT2D eigenvalue weighted by atomic mass is 35.5. The van der Waals surface area contributed by atoms with Crippen molar-refractivity contribution in [2.24, 2.45) is 5.92 Å². The fourth-order valence-corrected chi connectivity index (χ4v) is 1.82. The van der Waals surface area contributed by atoms with Crippen LogP contribution in [-0.4, -0.2) is 12.5 Å². The van der Waals surface area contributed by atoms with Crippen LogP contribution in [0.1, 0.15) is 37.8 Å². The molecule has 0 aliphatic heterocycles. The van der Waals surface area contributed by atoms with Crippen LogP contribution in [0.2, 0.25) is 0 Å². The highest BCUT2D eigenvalue weighted by Gasteiger charge is 2.06. The van der Waals surface area contributed by atoms with Gasteiger partial charge in [0, 0.05) is 5.56 Å². The molecule has 1 rings (SSSR count). The van der Waals surface area contributed by atoms with Gasteiger partial charge in [-0.2, -0.15) is 0 Å². The molecule has 18 heavy (non-hydrogen) atoms. The van der Waals surface area contributed by atoms with E-state index in [0.717, 1.165) is 36.3 Å². The summed E-state index contributed by atoms with van der Waals surface area (Å²) in [6.45, 7) is 7.25. The maximum absolute atomic E-state index is 5.87. The van der Waals surface area contributed by atoms with Crippen molar-refractivity contribution in [2.75, 3.05) is 12.5 Å². The predicted octanol–water partition coefficient (Wildman–Crippen LogP) is 4.40. The van der Waals surface area contributed by atoms with Gasteiger partial charge in [-0.25, -0.2) is 0 Å². The minimum atomic E-state index is 0.367. The Morgan fingerprint density at radius 3 is 2.56 bits per heavy atom. The van der Waals surface area contributed by atoms with Gasteiger partial charge in [-0.3, -0.25) is 0 Å². The van der Waals surface area contributed by atoms with Gasteiger partial charge < -0.3 is 4.74 Å².